The largest absolute Gasteiger partial charge is 0.393 e. The molecule has 1 aliphatic heterocycles. The smallest absolute Gasteiger partial charge is 0.193 e. The number of anilines is 1. The van der Waals surface area contributed by atoms with Crippen molar-refractivity contribution < 1.29 is 25.2 Å². The van der Waals surface area contributed by atoms with Gasteiger partial charge in [-0.05, 0) is 35.6 Å². The highest BCUT2D eigenvalue weighted by Gasteiger charge is 2.51. The van der Waals surface area contributed by atoms with Gasteiger partial charge in [-0.1, -0.05) is 49.4 Å². The average molecular weight is 373 g/mol. The predicted octanol–water partition coefficient (Wildman–Crippen LogP) is 1.05. The van der Waals surface area contributed by atoms with Gasteiger partial charge >= 0.3 is 0 Å². The molecule has 0 unspecified atom stereocenters. The van der Waals surface area contributed by atoms with Gasteiger partial charge in [0, 0.05) is 5.69 Å². The topological polar surface area (TPSA) is 102 Å². The maximum atomic E-state index is 11.0. The molecule has 1 heterocycles. The van der Waals surface area contributed by atoms with Crippen LogP contribution in [0.25, 0.3) is 0 Å². The van der Waals surface area contributed by atoms with Crippen molar-refractivity contribution in [1.82, 2.24) is 0 Å². The van der Waals surface area contributed by atoms with Gasteiger partial charge in [-0.2, -0.15) is 0 Å². The van der Waals surface area contributed by atoms with E-state index in [0.29, 0.717) is 12.1 Å². The van der Waals surface area contributed by atoms with Gasteiger partial charge in [-0.3, -0.25) is 0 Å². The fourth-order valence-corrected chi connectivity index (χ4v) is 3.39. The highest BCUT2D eigenvalue weighted by Crippen LogP contribution is 2.30. The lowest BCUT2D eigenvalue weighted by Gasteiger charge is -2.45. The molecule has 6 heteroatoms. The summed E-state index contributed by atoms with van der Waals surface area (Å²) in [5.74, 6) is 0. The number of aliphatic hydroxyl groups is 4. The van der Waals surface area contributed by atoms with E-state index in [-0.39, 0.29) is 6.61 Å². The molecule has 3 rings (SSSR count). The normalized spacial score (nSPS) is 28.1. The Balaban J connectivity index is 1.86. The molecule has 6 nitrogen and oxygen atoms in total. The molecule has 1 fully saturated rings. The highest BCUT2D eigenvalue weighted by atomic mass is 16.5. The number of aliphatic hydroxyl groups excluding tert-OH is 3. The van der Waals surface area contributed by atoms with E-state index in [1.807, 2.05) is 18.2 Å². The van der Waals surface area contributed by atoms with Crippen molar-refractivity contribution in [2.45, 2.75) is 43.8 Å². The number of nitrogens with one attached hydrogen (secondary N) is 1. The van der Waals surface area contributed by atoms with Crippen LogP contribution in [0, 0.1) is 0 Å². The third kappa shape index (κ3) is 4.15. The Morgan fingerprint density at radius 2 is 1.74 bits per heavy atom. The van der Waals surface area contributed by atoms with Gasteiger partial charge in [0.2, 0.25) is 0 Å². The van der Waals surface area contributed by atoms with E-state index in [9.17, 15) is 20.4 Å². The maximum absolute atomic E-state index is 11.0. The third-order valence-corrected chi connectivity index (χ3v) is 5.12. The molecule has 0 amide bonds. The summed E-state index contributed by atoms with van der Waals surface area (Å²) in [6.07, 6.45) is -2.20. The van der Waals surface area contributed by atoms with Crippen molar-refractivity contribution in [2.24, 2.45) is 0 Å². The zero-order chi connectivity index (χ0) is 19.4. The summed E-state index contributed by atoms with van der Waals surface area (Å²) in [4.78, 5) is 0. The fourth-order valence-electron chi connectivity index (χ4n) is 3.39. The lowest BCUT2D eigenvalue weighted by atomic mass is 9.91. The number of aryl methyl sites for hydroxylation is 1. The van der Waals surface area contributed by atoms with E-state index in [2.05, 4.69) is 36.5 Å². The van der Waals surface area contributed by atoms with Crippen molar-refractivity contribution >= 4 is 5.69 Å². The van der Waals surface area contributed by atoms with Crippen LogP contribution in [-0.2, 0) is 17.6 Å². The Bertz CT molecular complexity index is 746. The molecule has 0 aromatic heterocycles. The van der Waals surface area contributed by atoms with Crippen LogP contribution in [0.4, 0.5) is 5.69 Å². The van der Waals surface area contributed by atoms with Crippen LogP contribution in [0.15, 0.2) is 48.5 Å². The summed E-state index contributed by atoms with van der Waals surface area (Å²) in [5, 5.41) is 43.7. The Hall–Kier alpha value is -1.96. The number of ether oxygens (including phenoxy) is 1. The third-order valence-electron chi connectivity index (χ3n) is 5.12. The maximum Gasteiger partial charge on any atom is 0.193 e. The summed E-state index contributed by atoms with van der Waals surface area (Å²) in [6.45, 7) is 1.47. The molecular weight excluding hydrogens is 346 g/mol. The summed E-state index contributed by atoms with van der Waals surface area (Å²) in [5.41, 5.74) is 1.90. The molecule has 0 bridgehead atoms. The summed E-state index contributed by atoms with van der Waals surface area (Å²) in [7, 11) is 0. The molecule has 27 heavy (non-hydrogen) atoms. The Morgan fingerprint density at radius 3 is 2.41 bits per heavy atom. The van der Waals surface area contributed by atoms with Crippen LogP contribution in [0.2, 0.25) is 0 Å². The van der Waals surface area contributed by atoms with Gasteiger partial charge in [-0.15, -0.1) is 0 Å². The van der Waals surface area contributed by atoms with Crippen molar-refractivity contribution in [1.29, 1.82) is 0 Å². The minimum atomic E-state index is -2.01. The molecule has 0 saturated carbocycles. The molecule has 1 saturated heterocycles. The number of hydrogen-bond acceptors (Lipinski definition) is 6. The van der Waals surface area contributed by atoms with Crippen molar-refractivity contribution in [2.75, 3.05) is 18.5 Å². The summed E-state index contributed by atoms with van der Waals surface area (Å²) < 4.78 is 5.31. The van der Waals surface area contributed by atoms with Gasteiger partial charge in [-0.25, -0.2) is 0 Å². The first kappa shape index (κ1) is 19.8. The van der Waals surface area contributed by atoms with Crippen LogP contribution >= 0.6 is 0 Å². The predicted molar refractivity (Wildman–Crippen MR) is 102 cm³/mol. The first-order valence-corrected chi connectivity index (χ1v) is 9.22. The van der Waals surface area contributed by atoms with E-state index >= 15 is 0 Å². The minimum absolute atomic E-state index is 0.151. The molecule has 0 radical (unpaired) electrons. The first-order valence-electron chi connectivity index (χ1n) is 9.22. The number of rotatable bonds is 6. The van der Waals surface area contributed by atoms with Gasteiger partial charge in [0.25, 0.3) is 0 Å². The molecule has 146 valence electrons. The van der Waals surface area contributed by atoms with Crippen LogP contribution in [0.3, 0.4) is 0 Å². The number of benzene rings is 2. The van der Waals surface area contributed by atoms with Crippen LogP contribution < -0.4 is 5.32 Å². The van der Waals surface area contributed by atoms with Gasteiger partial charge in [0.1, 0.15) is 18.3 Å². The van der Waals surface area contributed by atoms with E-state index in [4.69, 9.17) is 4.74 Å². The molecule has 5 N–H and O–H groups in total. The Labute approximate surface area is 159 Å². The standard InChI is InChI=1S/C21H27NO5/c1-2-14-7-9-15(10-8-14)11-16-5-3-4-6-17(16)22-21(26)19(12-23)27-13-18(24)20(21)25/h3-10,18-20,22-26H,2,11-13H2,1H3/t18-,19+,20+,21-/m0/s1. The molecule has 0 aliphatic carbocycles. The molecule has 2 aromatic rings. The first-order chi connectivity index (χ1) is 13.0. The second-order valence-electron chi connectivity index (χ2n) is 6.97. The lowest BCUT2D eigenvalue weighted by Crippen LogP contribution is -2.68. The lowest BCUT2D eigenvalue weighted by molar-refractivity contribution is -0.237. The molecule has 1 aliphatic rings. The second kappa shape index (κ2) is 8.37. The van der Waals surface area contributed by atoms with Crippen molar-refractivity contribution in [3.63, 3.8) is 0 Å². The molecule has 0 spiro atoms. The van der Waals surface area contributed by atoms with Crippen LogP contribution in [-0.4, -0.2) is 57.7 Å². The molecule has 4 atom stereocenters. The molecular formula is C21H27NO5. The SMILES string of the molecule is CCc1ccc(Cc2ccccc2N[C@@]2(O)[C@H](O)[C@@H](O)CO[C@@H]2CO)cc1. The Morgan fingerprint density at radius 1 is 1.07 bits per heavy atom. The van der Waals surface area contributed by atoms with Gasteiger partial charge in [0.05, 0.1) is 13.2 Å². The zero-order valence-electron chi connectivity index (χ0n) is 15.4. The van der Waals surface area contributed by atoms with Crippen LogP contribution in [0.1, 0.15) is 23.6 Å². The summed E-state index contributed by atoms with van der Waals surface area (Å²) in [6, 6.07) is 15.8. The van der Waals surface area contributed by atoms with Crippen molar-refractivity contribution in [3.8, 4) is 0 Å². The molecule has 2 aromatic carbocycles. The second-order valence-corrected chi connectivity index (χ2v) is 6.97. The van der Waals surface area contributed by atoms with Crippen LogP contribution in [0.5, 0.6) is 0 Å². The Kier molecular flexibility index (Phi) is 6.14. The van der Waals surface area contributed by atoms with Gasteiger partial charge in [0.15, 0.2) is 5.72 Å². The van der Waals surface area contributed by atoms with E-state index < -0.39 is 30.6 Å². The number of para-hydroxylation sites is 1. The minimum Gasteiger partial charge on any atom is -0.393 e. The summed E-state index contributed by atoms with van der Waals surface area (Å²) >= 11 is 0. The van der Waals surface area contributed by atoms with Gasteiger partial charge < -0.3 is 30.5 Å². The zero-order valence-corrected chi connectivity index (χ0v) is 15.4. The van der Waals surface area contributed by atoms with Crippen molar-refractivity contribution in [3.05, 3.63) is 65.2 Å². The average Bonchev–Trinajstić information content (AvgIpc) is 2.68. The fraction of sp³-hybridized carbons (Fsp3) is 0.429. The number of hydrogen-bond donors (Lipinski definition) is 5. The monoisotopic (exact) mass is 373 g/mol. The quantitative estimate of drug-likeness (QED) is 0.485. The van der Waals surface area contributed by atoms with E-state index in [1.54, 1.807) is 6.07 Å². The van der Waals surface area contributed by atoms with E-state index in [1.165, 1.54) is 5.56 Å². The highest BCUT2D eigenvalue weighted by molar-refractivity contribution is 5.54. The van der Waals surface area contributed by atoms with E-state index in [0.717, 1.165) is 17.5 Å².